The summed E-state index contributed by atoms with van der Waals surface area (Å²) in [5, 5.41) is 16.0. The van der Waals surface area contributed by atoms with Gasteiger partial charge >= 0.3 is 6.03 Å². The molecule has 2 unspecified atom stereocenters. The number of hydrogen-bond donors (Lipinski definition) is 4. The van der Waals surface area contributed by atoms with E-state index in [4.69, 9.17) is 5.73 Å². The number of likely N-dealkylation sites (N-methyl/N-ethyl adjacent to an activating group) is 1. The highest BCUT2D eigenvalue weighted by Crippen LogP contribution is 2.30. The van der Waals surface area contributed by atoms with E-state index in [0.717, 1.165) is 58.4 Å². The summed E-state index contributed by atoms with van der Waals surface area (Å²) in [6.07, 6.45) is 3.80. The van der Waals surface area contributed by atoms with Crippen molar-refractivity contribution in [3.8, 4) is 0 Å². The standard InChI is InChI=1S/C41H51F2N13O5/c1-51-15-20-56(41(51)61)28-3-2-12-55(24-28)40-48-37(35(36(44)58)49-50-40)45-26-4-8-33(31(43)21-26)54-18-16-52(17-19-54)23-25-10-13-53(14-11-25)27-5-6-29(30(42)22-27)38(59)46-32-7-9-34(57)47-39(32)60/h4-6,8,21-22,25,28,32H,2-3,7,9-20,23-24H2,1H3,(H2,44,58)(H,46,59)(H,45,48,50)(H,47,57,60). The van der Waals surface area contributed by atoms with Crippen LogP contribution in [0, 0.1) is 17.6 Å². The minimum Gasteiger partial charge on any atom is -0.371 e. The van der Waals surface area contributed by atoms with Crippen LogP contribution in [0.3, 0.4) is 0 Å². The SMILES string of the molecule is CN1CCN(C2CCCN(c3nnc(C(N)=O)c(Nc4ccc(N5CCN(CC6CCN(c7ccc(C(=O)NC8CCC(=O)NC8=O)c(F)c7)CC6)CC5)c(F)c4)n3)C2)C1=O. The number of piperidine rings is 3. The average molecular weight is 844 g/mol. The van der Waals surface area contributed by atoms with Gasteiger partial charge in [0.25, 0.3) is 11.8 Å². The number of benzene rings is 2. The third-order valence-corrected chi connectivity index (χ3v) is 12.4. The highest BCUT2D eigenvalue weighted by atomic mass is 19.1. The molecule has 5 aliphatic rings. The van der Waals surface area contributed by atoms with Gasteiger partial charge in [0, 0.05) is 96.8 Å². The summed E-state index contributed by atoms with van der Waals surface area (Å²) in [4.78, 5) is 77.7. The van der Waals surface area contributed by atoms with Gasteiger partial charge in [-0.05, 0) is 74.4 Å². The largest absolute Gasteiger partial charge is 0.371 e. The molecule has 6 amide bonds. The number of rotatable bonds is 11. The highest BCUT2D eigenvalue weighted by molar-refractivity contribution is 6.04. The zero-order valence-corrected chi connectivity index (χ0v) is 34.1. The average Bonchev–Trinajstić information content (AvgIpc) is 3.59. The molecular formula is C41H51F2N13O5. The van der Waals surface area contributed by atoms with E-state index in [2.05, 4.69) is 40.9 Å². The molecule has 20 heteroatoms. The van der Waals surface area contributed by atoms with Gasteiger partial charge in [-0.3, -0.25) is 29.4 Å². The minimum atomic E-state index is -0.884. The van der Waals surface area contributed by atoms with Crippen LogP contribution in [0.1, 0.15) is 59.4 Å². The summed E-state index contributed by atoms with van der Waals surface area (Å²) in [6, 6.07) is 8.42. The Kier molecular flexibility index (Phi) is 12.1. The molecule has 5 fully saturated rings. The van der Waals surface area contributed by atoms with Crippen molar-refractivity contribution in [3.63, 3.8) is 0 Å². The van der Waals surface area contributed by atoms with E-state index in [1.54, 1.807) is 30.1 Å². The molecule has 5 saturated heterocycles. The van der Waals surface area contributed by atoms with Gasteiger partial charge in [-0.1, -0.05) is 0 Å². The van der Waals surface area contributed by atoms with Gasteiger partial charge in [-0.15, -0.1) is 10.2 Å². The lowest BCUT2D eigenvalue weighted by atomic mass is 9.95. The number of hydrogen-bond acceptors (Lipinski definition) is 13. The molecule has 2 aromatic carbocycles. The van der Waals surface area contributed by atoms with E-state index < -0.39 is 41.3 Å². The molecular weight excluding hydrogens is 793 g/mol. The summed E-state index contributed by atoms with van der Waals surface area (Å²) in [5.41, 5.74) is 6.83. The van der Waals surface area contributed by atoms with E-state index in [1.807, 2.05) is 14.7 Å². The van der Waals surface area contributed by atoms with Crippen LogP contribution >= 0.6 is 0 Å². The lowest BCUT2D eigenvalue weighted by molar-refractivity contribution is -0.134. The number of halogens is 2. The first-order valence-electron chi connectivity index (χ1n) is 20.9. The fourth-order valence-electron chi connectivity index (χ4n) is 8.94. The molecule has 6 heterocycles. The summed E-state index contributed by atoms with van der Waals surface area (Å²) in [7, 11) is 1.79. The third kappa shape index (κ3) is 9.28. The van der Waals surface area contributed by atoms with Crippen LogP contribution in [0.5, 0.6) is 0 Å². The van der Waals surface area contributed by atoms with Crippen LogP contribution in [0.2, 0.25) is 0 Å². The van der Waals surface area contributed by atoms with Crippen molar-refractivity contribution in [2.75, 3.05) is 99.1 Å². The number of carbonyl (C=O) groups is 5. The number of aromatic nitrogens is 3. The molecule has 1 aromatic heterocycles. The van der Waals surface area contributed by atoms with Gasteiger partial charge in [0.05, 0.1) is 17.3 Å². The van der Waals surface area contributed by atoms with E-state index in [9.17, 15) is 24.0 Å². The quantitative estimate of drug-likeness (QED) is 0.204. The number of nitrogens with two attached hydrogens (primary N) is 1. The number of imide groups is 1. The van der Waals surface area contributed by atoms with Gasteiger partial charge in [0.2, 0.25) is 17.8 Å². The predicted molar refractivity (Wildman–Crippen MR) is 222 cm³/mol. The van der Waals surface area contributed by atoms with Crippen molar-refractivity contribution in [3.05, 3.63) is 59.3 Å². The second kappa shape index (κ2) is 17.8. The predicted octanol–water partition coefficient (Wildman–Crippen LogP) is 1.90. The highest BCUT2D eigenvalue weighted by Gasteiger charge is 2.35. The maximum atomic E-state index is 15.7. The van der Waals surface area contributed by atoms with E-state index >= 15 is 8.78 Å². The summed E-state index contributed by atoms with van der Waals surface area (Å²) < 4.78 is 30.8. The maximum Gasteiger partial charge on any atom is 0.320 e. The van der Waals surface area contributed by atoms with E-state index in [-0.39, 0.29) is 47.9 Å². The van der Waals surface area contributed by atoms with Crippen LogP contribution in [-0.2, 0) is 9.59 Å². The normalized spacial score (nSPS) is 21.8. The van der Waals surface area contributed by atoms with Crippen molar-refractivity contribution < 1.29 is 32.8 Å². The monoisotopic (exact) mass is 843 g/mol. The molecule has 2 atom stereocenters. The van der Waals surface area contributed by atoms with Crippen LogP contribution in [0.4, 0.5) is 42.4 Å². The topological polar surface area (TPSA) is 206 Å². The Morgan fingerprint density at radius 3 is 2.33 bits per heavy atom. The molecule has 3 aromatic rings. The number of anilines is 5. The molecule has 8 rings (SSSR count). The van der Waals surface area contributed by atoms with Gasteiger partial charge in [0.15, 0.2) is 11.5 Å². The Bertz CT molecular complexity index is 2180. The van der Waals surface area contributed by atoms with E-state index in [0.29, 0.717) is 62.2 Å². The maximum absolute atomic E-state index is 15.7. The Labute approximate surface area is 351 Å². The molecule has 5 aliphatic heterocycles. The summed E-state index contributed by atoms with van der Waals surface area (Å²) >= 11 is 0. The molecule has 0 radical (unpaired) electrons. The van der Waals surface area contributed by atoms with Gasteiger partial charge in [-0.2, -0.15) is 4.98 Å². The second-order valence-electron chi connectivity index (χ2n) is 16.5. The number of nitrogens with one attached hydrogen (secondary N) is 3. The second-order valence-corrected chi connectivity index (χ2v) is 16.5. The number of nitrogens with zero attached hydrogens (tertiary/aromatic N) is 9. The Morgan fingerprint density at radius 1 is 0.852 bits per heavy atom. The molecule has 5 N–H and O–H groups in total. The molecule has 0 aliphatic carbocycles. The fourth-order valence-corrected chi connectivity index (χ4v) is 8.94. The fraction of sp³-hybridized carbons (Fsp3) is 0.512. The Morgan fingerprint density at radius 2 is 1.64 bits per heavy atom. The van der Waals surface area contributed by atoms with Crippen LogP contribution in [-0.4, -0.2) is 151 Å². The zero-order valence-electron chi connectivity index (χ0n) is 34.1. The van der Waals surface area contributed by atoms with Crippen molar-refractivity contribution in [1.29, 1.82) is 0 Å². The molecule has 0 bridgehead atoms. The number of primary amides is 1. The number of piperazine rings is 1. The molecule has 324 valence electrons. The van der Waals surface area contributed by atoms with Gasteiger partial charge in [0.1, 0.15) is 17.7 Å². The molecule has 0 spiro atoms. The first-order valence-corrected chi connectivity index (χ1v) is 20.9. The lowest BCUT2D eigenvalue weighted by Crippen LogP contribution is -2.52. The molecule has 18 nitrogen and oxygen atoms in total. The third-order valence-electron chi connectivity index (χ3n) is 12.4. The smallest absolute Gasteiger partial charge is 0.320 e. The molecule has 61 heavy (non-hydrogen) atoms. The van der Waals surface area contributed by atoms with Crippen LogP contribution < -0.4 is 36.4 Å². The van der Waals surface area contributed by atoms with Crippen molar-refractivity contribution >= 4 is 58.5 Å². The minimum absolute atomic E-state index is 0.00108. The number of urea groups is 1. The van der Waals surface area contributed by atoms with Crippen molar-refractivity contribution in [2.24, 2.45) is 11.7 Å². The van der Waals surface area contributed by atoms with Crippen molar-refractivity contribution in [2.45, 2.75) is 50.6 Å². The zero-order chi connectivity index (χ0) is 42.8. The first kappa shape index (κ1) is 41.5. The van der Waals surface area contributed by atoms with Gasteiger partial charge in [-0.25, -0.2) is 13.6 Å². The van der Waals surface area contributed by atoms with Gasteiger partial charge < -0.3 is 40.9 Å². The van der Waals surface area contributed by atoms with E-state index in [1.165, 1.54) is 18.2 Å². The summed E-state index contributed by atoms with van der Waals surface area (Å²) in [5.74, 6) is -2.80. The lowest BCUT2D eigenvalue weighted by Gasteiger charge is -2.40. The first-order chi connectivity index (χ1) is 29.4. The molecule has 0 saturated carbocycles. The Hall–Kier alpha value is -6.18. The Balaban J connectivity index is 0.813. The van der Waals surface area contributed by atoms with Crippen molar-refractivity contribution in [1.82, 2.24) is 40.5 Å². The van der Waals surface area contributed by atoms with Crippen LogP contribution in [0.25, 0.3) is 0 Å². The summed E-state index contributed by atoms with van der Waals surface area (Å²) in [6.45, 7) is 7.72. The van der Waals surface area contributed by atoms with Crippen LogP contribution in [0.15, 0.2) is 36.4 Å². The number of carbonyl (C=O) groups excluding carboxylic acids is 5. The number of amides is 6.